The van der Waals surface area contributed by atoms with Crippen LogP contribution in [0.2, 0.25) is 0 Å². The van der Waals surface area contributed by atoms with Gasteiger partial charge in [0.05, 0.1) is 17.3 Å². The van der Waals surface area contributed by atoms with Crippen LogP contribution >= 0.6 is 11.8 Å². The van der Waals surface area contributed by atoms with E-state index in [1.807, 2.05) is 55.5 Å². The summed E-state index contributed by atoms with van der Waals surface area (Å²) < 4.78 is 0. The summed E-state index contributed by atoms with van der Waals surface area (Å²) in [7, 11) is 0. The van der Waals surface area contributed by atoms with Crippen molar-refractivity contribution in [3.63, 3.8) is 0 Å². The molecule has 2 aromatic rings. The van der Waals surface area contributed by atoms with Gasteiger partial charge in [0.1, 0.15) is 0 Å². The lowest BCUT2D eigenvalue weighted by Crippen LogP contribution is -2.42. The molecule has 0 radical (unpaired) electrons. The Morgan fingerprint density at radius 2 is 1.81 bits per heavy atom. The van der Waals surface area contributed by atoms with Crippen LogP contribution < -0.4 is 5.32 Å². The molecule has 1 amide bonds. The number of amidine groups is 1. The fourth-order valence-corrected chi connectivity index (χ4v) is 4.48. The molecule has 0 saturated carbocycles. The molecule has 2 aliphatic rings. The van der Waals surface area contributed by atoms with Crippen molar-refractivity contribution in [3.05, 3.63) is 77.5 Å². The van der Waals surface area contributed by atoms with Crippen molar-refractivity contribution in [1.82, 2.24) is 4.90 Å². The molecule has 132 valence electrons. The van der Waals surface area contributed by atoms with Crippen molar-refractivity contribution in [2.45, 2.75) is 19.4 Å². The Kier molecular flexibility index (Phi) is 4.80. The van der Waals surface area contributed by atoms with Gasteiger partial charge in [-0.25, -0.2) is 4.99 Å². The number of anilines is 1. The van der Waals surface area contributed by atoms with Crippen molar-refractivity contribution >= 4 is 28.5 Å². The van der Waals surface area contributed by atoms with E-state index in [0.29, 0.717) is 0 Å². The molecule has 0 bridgehead atoms. The van der Waals surface area contributed by atoms with E-state index in [9.17, 15) is 4.79 Å². The Hall–Kier alpha value is -2.53. The monoisotopic (exact) mass is 363 g/mol. The van der Waals surface area contributed by atoms with E-state index in [1.54, 1.807) is 11.8 Å². The summed E-state index contributed by atoms with van der Waals surface area (Å²) in [5, 5.41) is 4.06. The number of aliphatic imine (C=N–C) groups is 1. The molecular weight excluding hydrogens is 342 g/mol. The average Bonchev–Trinajstić information content (AvgIpc) is 2.68. The number of thioether (sulfide) groups is 1. The van der Waals surface area contributed by atoms with E-state index < -0.39 is 0 Å². The molecule has 1 atom stereocenters. The number of fused-ring (bicyclic) bond motifs is 1. The smallest absolute Gasteiger partial charge is 0.255 e. The summed E-state index contributed by atoms with van der Waals surface area (Å²) >= 11 is 1.78. The van der Waals surface area contributed by atoms with E-state index >= 15 is 0 Å². The molecule has 0 unspecified atom stereocenters. The van der Waals surface area contributed by atoms with Gasteiger partial charge < -0.3 is 10.2 Å². The molecule has 4 rings (SSSR count). The minimum atomic E-state index is -0.0970. The second-order valence-corrected chi connectivity index (χ2v) is 7.48. The predicted octanol–water partition coefficient (Wildman–Crippen LogP) is 4.45. The number of nitrogens with one attached hydrogen (secondary N) is 1. The number of hydrogen-bond donors (Lipinski definition) is 1. The van der Waals surface area contributed by atoms with Gasteiger partial charge in [-0.05, 0) is 31.0 Å². The van der Waals surface area contributed by atoms with Crippen LogP contribution in [0.4, 0.5) is 5.69 Å². The zero-order valence-electron chi connectivity index (χ0n) is 14.7. The molecule has 0 aromatic heterocycles. The molecule has 1 N–H and O–H groups in total. The van der Waals surface area contributed by atoms with Crippen LogP contribution in [0, 0.1) is 0 Å². The average molecular weight is 363 g/mol. The summed E-state index contributed by atoms with van der Waals surface area (Å²) in [6.45, 7) is 2.86. The maximum atomic E-state index is 13.2. The summed E-state index contributed by atoms with van der Waals surface area (Å²) in [6.07, 6.45) is 1.10. The maximum Gasteiger partial charge on any atom is 0.255 e. The Balaban J connectivity index is 1.75. The van der Waals surface area contributed by atoms with Crippen LogP contribution in [0.15, 0.2) is 76.9 Å². The summed E-state index contributed by atoms with van der Waals surface area (Å²) in [4.78, 5) is 20.2. The van der Waals surface area contributed by atoms with E-state index in [2.05, 4.69) is 22.3 Å². The highest BCUT2D eigenvalue weighted by atomic mass is 32.2. The highest BCUT2D eigenvalue weighted by Gasteiger charge is 2.36. The molecular formula is C21H21N3OS. The van der Waals surface area contributed by atoms with Crippen LogP contribution in [0.5, 0.6) is 0 Å². The zero-order chi connectivity index (χ0) is 17.9. The Bertz CT molecular complexity index is 861. The van der Waals surface area contributed by atoms with Crippen molar-refractivity contribution in [2.24, 2.45) is 4.99 Å². The third-order valence-electron chi connectivity index (χ3n) is 4.65. The van der Waals surface area contributed by atoms with E-state index in [1.165, 1.54) is 0 Å². The van der Waals surface area contributed by atoms with Gasteiger partial charge in [0, 0.05) is 18.0 Å². The number of hydrogen-bond acceptors (Lipinski definition) is 4. The lowest BCUT2D eigenvalue weighted by atomic mass is 9.93. The molecule has 1 saturated heterocycles. The normalized spacial score (nSPS) is 19.7. The van der Waals surface area contributed by atoms with Crippen LogP contribution in [-0.4, -0.2) is 28.3 Å². The van der Waals surface area contributed by atoms with Crippen LogP contribution in [0.1, 0.15) is 24.9 Å². The van der Waals surface area contributed by atoms with Gasteiger partial charge in [0.15, 0.2) is 5.17 Å². The SMILES string of the molecule is CC1=C(C(=O)Nc2ccccc2)[C@H](c2ccccc2)N2CCCSC2=N1. The van der Waals surface area contributed by atoms with Gasteiger partial charge in [-0.1, -0.05) is 60.3 Å². The van der Waals surface area contributed by atoms with E-state index in [4.69, 9.17) is 4.99 Å². The van der Waals surface area contributed by atoms with Gasteiger partial charge in [-0.15, -0.1) is 0 Å². The lowest BCUT2D eigenvalue weighted by Gasteiger charge is -2.40. The molecule has 2 heterocycles. The molecule has 0 spiro atoms. The lowest BCUT2D eigenvalue weighted by molar-refractivity contribution is -0.113. The predicted molar refractivity (Wildman–Crippen MR) is 108 cm³/mol. The fraction of sp³-hybridized carbons (Fsp3) is 0.238. The Labute approximate surface area is 158 Å². The van der Waals surface area contributed by atoms with Crippen molar-refractivity contribution in [2.75, 3.05) is 17.6 Å². The molecule has 2 aliphatic heterocycles. The number of carbonyl (C=O) groups is 1. The largest absolute Gasteiger partial charge is 0.340 e. The first kappa shape index (κ1) is 16.9. The van der Waals surface area contributed by atoms with Gasteiger partial charge in [0.25, 0.3) is 5.91 Å². The minimum absolute atomic E-state index is 0.0825. The number of benzene rings is 2. The Morgan fingerprint density at radius 3 is 2.54 bits per heavy atom. The van der Waals surface area contributed by atoms with Gasteiger partial charge in [-0.3, -0.25) is 4.79 Å². The summed E-state index contributed by atoms with van der Waals surface area (Å²) in [6, 6.07) is 19.7. The van der Waals surface area contributed by atoms with E-state index in [0.717, 1.165) is 46.4 Å². The molecule has 4 nitrogen and oxygen atoms in total. The minimum Gasteiger partial charge on any atom is -0.340 e. The number of allylic oxidation sites excluding steroid dienone is 1. The molecule has 26 heavy (non-hydrogen) atoms. The number of amides is 1. The summed E-state index contributed by atoms with van der Waals surface area (Å²) in [5.41, 5.74) is 3.45. The standard InChI is InChI=1S/C21H21N3OS/c1-15-18(20(25)23-17-11-6-3-7-12-17)19(16-9-4-2-5-10-16)24-13-8-14-26-21(24)22-15/h2-7,9-12,19H,8,13-14H2,1H3,(H,23,25)/t19-/m0/s1. The van der Waals surface area contributed by atoms with Crippen LogP contribution in [0.25, 0.3) is 0 Å². The molecule has 2 aromatic carbocycles. The molecule has 1 fully saturated rings. The van der Waals surface area contributed by atoms with Crippen molar-refractivity contribution < 1.29 is 4.79 Å². The second-order valence-electron chi connectivity index (χ2n) is 6.42. The summed E-state index contributed by atoms with van der Waals surface area (Å²) in [5.74, 6) is 0.997. The maximum absolute atomic E-state index is 13.2. The number of nitrogens with zero attached hydrogens (tertiary/aromatic N) is 2. The van der Waals surface area contributed by atoms with E-state index in [-0.39, 0.29) is 11.9 Å². The van der Waals surface area contributed by atoms with Gasteiger partial charge >= 0.3 is 0 Å². The number of carbonyl (C=O) groups excluding carboxylic acids is 1. The van der Waals surface area contributed by atoms with Crippen molar-refractivity contribution in [1.29, 1.82) is 0 Å². The highest BCUT2D eigenvalue weighted by Crippen LogP contribution is 2.39. The van der Waals surface area contributed by atoms with Gasteiger partial charge in [0.2, 0.25) is 0 Å². The first-order chi connectivity index (χ1) is 12.7. The topological polar surface area (TPSA) is 44.7 Å². The first-order valence-corrected chi connectivity index (χ1v) is 9.83. The quantitative estimate of drug-likeness (QED) is 0.876. The third-order valence-corrected chi connectivity index (χ3v) is 5.73. The molecule has 0 aliphatic carbocycles. The zero-order valence-corrected chi connectivity index (χ0v) is 15.5. The van der Waals surface area contributed by atoms with Crippen molar-refractivity contribution in [3.8, 4) is 0 Å². The highest BCUT2D eigenvalue weighted by molar-refractivity contribution is 8.13. The number of para-hydroxylation sites is 1. The number of rotatable bonds is 3. The first-order valence-electron chi connectivity index (χ1n) is 8.84. The molecule has 5 heteroatoms. The third kappa shape index (κ3) is 3.27. The van der Waals surface area contributed by atoms with Gasteiger partial charge in [-0.2, -0.15) is 0 Å². The van der Waals surface area contributed by atoms with Crippen LogP contribution in [0.3, 0.4) is 0 Å². The van der Waals surface area contributed by atoms with Crippen LogP contribution in [-0.2, 0) is 4.79 Å². The Morgan fingerprint density at radius 1 is 1.12 bits per heavy atom. The fourth-order valence-electron chi connectivity index (χ4n) is 3.46. The second kappa shape index (κ2) is 7.38.